The van der Waals surface area contributed by atoms with Crippen LogP contribution in [-0.4, -0.2) is 17.9 Å². The summed E-state index contributed by atoms with van der Waals surface area (Å²) in [6.45, 7) is 2.11. The van der Waals surface area contributed by atoms with Gasteiger partial charge in [0.1, 0.15) is 0 Å². The molecule has 2 aromatic rings. The third-order valence-corrected chi connectivity index (χ3v) is 5.54. The van der Waals surface area contributed by atoms with Crippen LogP contribution in [0.2, 0.25) is 10.0 Å². The maximum atomic E-state index is 12.1. The van der Waals surface area contributed by atoms with Crippen LogP contribution >= 0.6 is 23.2 Å². The van der Waals surface area contributed by atoms with Crippen LogP contribution in [0.5, 0.6) is 0 Å². The number of hydrogen-bond acceptors (Lipinski definition) is 3. The standard InChI is InChI=1S/C20H18Cl2N2O2/c1-11-7-15(16-9-13(21)10-17(22)20(16)23-11)12-3-2-4-14(8-12)24-18(25)5-6-19(24)26/h2-4,8-11,15,23H,5-7H2,1H3. The van der Waals surface area contributed by atoms with Crippen LogP contribution in [-0.2, 0) is 9.59 Å². The Morgan fingerprint density at radius 2 is 1.81 bits per heavy atom. The molecule has 0 bridgehead atoms. The molecule has 0 radical (unpaired) electrons. The van der Waals surface area contributed by atoms with Crippen LogP contribution in [0.4, 0.5) is 11.4 Å². The summed E-state index contributed by atoms with van der Waals surface area (Å²) >= 11 is 12.6. The Kier molecular flexibility index (Phi) is 4.41. The average molecular weight is 389 g/mol. The van der Waals surface area contributed by atoms with Gasteiger partial charge in [0.2, 0.25) is 11.8 Å². The number of fused-ring (bicyclic) bond motifs is 1. The molecule has 2 heterocycles. The van der Waals surface area contributed by atoms with Crippen molar-refractivity contribution in [3.63, 3.8) is 0 Å². The largest absolute Gasteiger partial charge is 0.381 e. The summed E-state index contributed by atoms with van der Waals surface area (Å²) in [6, 6.07) is 11.6. The minimum Gasteiger partial charge on any atom is -0.381 e. The van der Waals surface area contributed by atoms with Crippen molar-refractivity contribution in [1.82, 2.24) is 0 Å². The molecule has 2 aromatic carbocycles. The van der Waals surface area contributed by atoms with Gasteiger partial charge in [0.05, 0.1) is 16.4 Å². The molecule has 0 aromatic heterocycles. The van der Waals surface area contributed by atoms with E-state index in [4.69, 9.17) is 23.2 Å². The van der Waals surface area contributed by atoms with Crippen molar-refractivity contribution in [2.24, 2.45) is 0 Å². The number of rotatable bonds is 2. The van der Waals surface area contributed by atoms with Crippen molar-refractivity contribution in [3.05, 3.63) is 57.6 Å². The first-order chi connectivity index (χ1) is 12.4. The first-order valence-electron chi connectivity index (χ1n) is 8.65. The molecular weight excluding hydrogens is 371 g/mol. The lowest BCUT2D eigenvalue weighted by atomic mass is 9.82. The van der Waals surface area contributed by atoms with E-state index in [-0.39, 0.29) is 36.6 Å². The van der Waals surface area contributed by atoms with Crippen LogP contribution < -0.4 is 10.2 Å². The van der Waals surface area contributed by atoms with Crippen LogP contribution in [0, 0.1) is 0 Å². The molecule has 1 fully saturated rings. The number of nitrogens with zero attached hydrogens (tertiary/aromatic N) is 1. The Hall–Kier alpha value is -2.04. The van der Waals surface area contributed by atoms with E-state index in [2.05, 4.69) is 12.2 Å². The second-order valence-electron chi connectivity index (χ2n) is 6.90. The summed E-state index contributed by atoms with van der Waals surface area (Å²) in [5, 5.41) is 4.63. The molecule has 2 aliphatic rings. The highest BCUT2D eigenvalue weighted by atomic mass is 35.5. The molecule has 26 heavy (non-hydrogen) atoms. The third-order valence-electron chi connectivity index (χ3n) is 5.02. The number of anilines is 2. The smallest absolute Gasteiger partial charge is 0.234 e. The monoisotopic (exact) mass is 388 g/mol. The van der Waals surface area contributed by atoms with Crippen molar-refractivity contribution < 1.29 is 9.59 Å². The number of carbonyl (C=O) groups is 2. The molecule has 2 aliphatic heterocycles. The third kappa shape index (κ3) is 2.97. The summed E-state index contributed by atoms with van der Waals surface area (Å²) in [4.78, 5) is 25.4. The molecule has 1 N–H and O–H groups in total. The van der Waals surface area contributed by atoms with Gasteiger partial charge in [-0.2, -0.15) is 0 Å². The van der Waals surface area contributed by atoms with Crippen molar-refractivity contribution in [2.75, 3.05) is 10.2 Å². The molecule has 0 aliphatic carbocycles. The Labute approximate surface area is 162 Å². The van der Waals surface area contributed by atoms with Crippen LogP contribution in [0.25, 0.3) is 0 Å². The fourth-order valence-corrected chi connectivity index (χ4v) is 4.43. The Morgan fingerprint density at radius 3 is 2.54 bits per heavy atom. The van der Waals surface area contributed by atoms with Crippen molar-refractivity contribution >= 4 is 46.4 Å². The summed E-state index contributed by atoms with van der Waals surface area (Å²) in [7, 11) is 0. The summed E-state index contributed by atoms with van der Waals surface area (Å²) in [6.07, 6.45) is 1.43. The quantitative estimate of drug-likeness (QED) is 0.737. The molecule has 1 saturated heterocycles. The summed E-state index contributed by atoms with van der Waals surface area (Å²) in [5.41, 5.74) is 3.62. The van der Waals surface area contributed by atoms with E-state index in [1.807, 2.05) is 24.3 Å². The molecule has 2 atom stereocenters. The molecule has 6 heteroatoms. The number of halogens is 2. The zero-order chi connectivity index (χ0) is 18.4. The Morgan fingerprint density at radius 1 is 1.08 bits per heavy atom. The highest BCUT2D eigenvalue weighted by Crippen LogP contribution is 2.44. The first kappa shape index (κ1) is 17.4. The number of benzene rings is 2. The van der Waals surface area contributed by atoms with Crippen LogP contribution in [0.3, 0.4) is 0 Å². The van der Waals surface area contributed by atoms with Crippen molar-refractivity contribution in [2.45, 2.75) is 38.1 Å². The summed E-state index contributed by atoms with van der Waals surface area (Å²) in [5.74, 6) is -0.195. The molecule has 0 spiro atoms. The van der Waals surface area contributed by atoms with E-state index in [1.54, 1.807) is 12.1 Å². The van der Waals surface area contributed by atoms with E-state index >= 15 is 0 Å². The lowest BCUT2D eigenvalue weighted by Crippen LogP contribution is -2.29. The lowest BCUT2D eigenvalue weighted by molar-refractivity contribution is -0.121. The average Bonchev–Trinajstić information content (AvgIpc) is 2.94. The van der Waals surface area contributed by atoms with E-state index in [0.717, 1.165) is 23.2 Å². The van der Waals surface area contributed by atoms with Crippen LogP contribution in [0.1, 0.15) is 43.2 Å². The molecule has 2 amide bonds. The van der Waals surface area contributed by atoms with E-state index in [0.29, 0.717) is 15.7 Å². The molecule has 134 valence electrons. The summed E-state index contributed by atoms with van der Waals surface area (Å²) < 4.78 is 0. The van der Waals surface area contributed by atoms with Gasteiger partial charge < -0.3 is 5.32 Å². The molecule has 0 saturated carbocycles. The normalized spacial score (nSPS) is 22.3. The van der Waals surface area contributed by atoms with Gasteiger partial charge in [0.15, 0.2) is 0 Å². The topological polar surface area (TPSA) is 49.4 Å². The number of hydrogen-bond donors (Lipinski definition) is 1. The zero-order valence-corrected chi connectivity index (χ0v) is 15.8. The SMILES string of the molecule is CC1CC(c2cccc(N3C(=O)CCC3=O)c2)c2cc(Cl)cc(Cl)c2N1. The van der Waals surface area contributed by atoms with Gasteiger partial charge in [-0.25, -0.2) is 0 Å². The number of imide groups is 1. The second kappa shape index (κ2) is 6.60. The predicted octanol–water partition coefficient (Wildman–Crippen LogP) is 4.98. The minimum atomic E-state index is -0.141. The fraction of sp³-hybridized carbons (Fsp3) is 0.300. The van der Waals surface area contributed by atoms with Gasteiger partial charge in [0.25, 0.3) is 0 Å². The maximum Gasteiger partial charge on any atom is 0.234 e. The predicted molar refractivity (Wildman–Crippen MR) is 104 cm³/mol. The minimum absolute atomic E-state index is 0.0882. The number of carbonyl (C=O) groups excluding carboxylic acids is 2. The maximum absolute atomic E-state index is 12.1. The van der Waals surface area contributed by atoms with E-state index in [1.165, 1.54) is 4.90 Å². The van der Waals surface area contributed by atoms with Gasteiger partial charge in [-0.1, -0.05) is 35.3 Å². The fourth-order valence-electron chi connectivity index (χ4n) is 3.87. The second-order valence-corrected chi connectivity index (χ2v) is 7.75. The van der Waals surface area contributed by atoms with Crippen LogP contribution in [0.15, 0.2) is 36.4 Å². The highest BCUT2D eigenvalue weighted by Gasteiger charge is 2.32. The number of nitrogens with one attached hydrogen (secondary N) is 1. The van der Waals surface area contributed by atoms with Crippen molar-refractivity contribution in [1.29, 1.82) is 0 Å². The first-order valence-corrected chi connectivity index (χ1v) is 9.41. The van der Waals surface area contributed by atoms with E-state index in [9.17, 15) is 9.59 Å². The van der Waals surface area contributed by atoms with Gasteiger partial charge in [-0.3, -0.25) is 14.5 Å². The van der Waals surface area contributed by atoms with Gasteiger partial charge in [-0.05, 0) is 48.7 Å². The zero-order valence-electron chi connectivity index (χ0n) is 14.3. The highest BCUT2D eigenvalue weighted by molar-refractivity contribution is 6.36. The van der Waals surface area contributed by atoms with Gasteiger partial charge in [-0.15, -0.1) is 0 Å². The number of amides is 2. The Bertz CT molecular complexity index is 897. The van der Waals surface area contributed by atoms with Gasteiger partial charge in [0, 0.05) is 29.8 Å². The lowest BCUT2D eigenvalue weighted by Gasteiger charge is -2.33. The Balaban J connectivity index is 1.78. The van der Waals surface area contributed by atoms with Crippen molar-refractivity contribution in [3.8, 4) is 0 Å². The molecular formula is C20H18Cl2N2O2. The molecule has 4 rings (SSSR count). The molecule has 4 nitrogen and oxygen atoms in total. The molecule has 2 unspecified atom stereocenters. The van der Waals surface area contributed by atoms with Gasteiger partial charge >= 0.3 is 0 Å². The van der Waals surface area contributed by atoms with E-state index < -0.39 is 0 Å².